The molecule has 0 aliphatic rings. The number of rotatable bonds is 13. The maximum Gasteiger partial charge on any atom is 0.326 e. The van der Waals surface area contributed by atoms with E-state index >= 15 is 0 Å². The third kappa shape index (κ3) is 9.48. The van der Waals surface area contributed by atoms with Crippen LogP contribution >= 0.6 is 0 Å². The highest BCUT2D eigenvalue weighted by atomic mass is 16.4. The summed E-state index contributed by atoms with van der Waals surface area (Å²) in [5.41, 5.74) is 11.9. The molecule has 1 rings (SSSR count). The van der Waals surface area contributed by atoms with E-state index in [2.05, 4.69) is 16.0 Å². The average Bonchev–Trinajstić information content (AvgIpc) is 2.72. The lowest BCUT2D eigenvalue weighted by Gasteiger charge is -2.19. The van der Waals surface area contributed by atoms with E-state index in [4.69, 9.17) is 11.5 Å². The number of amides is 3. The Morgan fingerprint density at radius 1 is 1.03 bits per heavy atom. The van der Waals surface area contributed by atoms with Gasteiger partial charge in [0.2, 0.25) is 17.7 Å². The van der Waals surface area contributed by atoms with E-state index < -0.39 is 41.8 Å². The lowest BCUT2D eigenvalue weighted by molar-refractivity contribution is -0.142. The summed E-state index contributed by atoms with van der Waals surface area (Å²) >= 11 is 0. The number of benzene rings is 1. The van der Waals surface area contributed by atoms with Crippen LogP contribution in [0.1, 0.15) is 31.7 Å². The number of hydrogen-bond donors (Lipinski definition) is 6. The molecule has 1 aromatic carbocycles. The molecule has 8 N–H and O–H groups in total. The van der Waals surface area contributed by atoms with Crippen molar-refractivity contribution in [2.75, 3.05) is 13.1 Å². The summed E-state index contributed by atoms with van der Waals surface area (Å²) < 4.78 is 0. The minimum atomic E-state index is -1.18. The van der Waals surface area contributed by atoms with Gasteiger partial charge in [0.1, 0.15) is 12.1 Å². The third-order valence-electron chi connectivity index (χ3n) is 4.40. The zero-order valence-corrected chi connectivity index (χ0v) is 17.1. The Balaban J connectivity index is 2.45. The van der Waals surface area contributed by atoms with Crippen molar-refractivity contribution in [2.45, 2.75) is 50.7 Å². The summed E-state index contributed by atoms with van der Waals surface area (Å²) in [6.45, 7) is 1.60. The summed E-state index contributed by atoms with van der Waals surface area (Å²) in [7, 11) is 0. The topological polar surface area (TPSA) is 177 Å². The first kappa shape index (κ1) is 25.1. The normalized spacial score (nSPS) is 13.6. The Labute approximate surface area is 175 Å². The van der Waals surface area contributed by atoms with E-state index in [9.17, 15) is 24.3 Å². The molecule has 0 aromatic heterocycles. The average molecular weight is 421 g/mol. The molecule has 0 spiro atoms. The van der Waals surface area contributed by atoms with Crippen LogP contribution in [0.3, 0.4) is 0 Å². The van der Waals surface area contributed by atoms with Crippen LogP contribution in [-0.2, 0) is 25.6 Å². The van der Waals surface area contributed by atoms with E-state index in [1.54, 1.807) is 30.3 Å². The predicted molar refractivity (Wildman–Crippen MR) is 111 cm³/mol. The number of carboxylic acids is 1. The SMILES string of the molecule is CC(NC(=O)CNC(=O)C(N)CCCCN)C(=O)NC(Cc1ccccc1)C(=O)O. The molecular formula is C20H31N5O5. The number of nitrogens with one attached hydrogen (secondary N) is 3. The maximum atomic E-state index is 12.3. The van der Waals surface area contributed by atoms with Crippen molar-refractivity contribution in [3.63, 3.8) is 0 Å². The fourth-order valence-electron chi connectivity index (χ4n) is 2.64. The zero-order valence-electron chi connectivity index (χ0n) is 17.1. The Morgan fingerprint density at radius 2 is 1.70 bits per heavy atom. The molecule has 10 nitrogen and oxygen atoms in total. The van der Waals surface area contributed by atoms with E-state index in [1.165, 1.54) is 6.92 Å². The van der Waals surface area contributed by atoms with Crippen molar-refractivity contribution in [3.05, 3.63) is 35.9 Å². The Morgan fingerprint density at radius 3 is 2.30 bits per heavy atom. The molecular weight excluding hydrogens is 390 g/mol. The van der Waals surface area contributed by atoms with E-state index in [1.807, 2.05) is 0 Å². The van der Waals surface area contributed by atoms with Crippen molar-refractivity contribution < 1.29 is 24.3 Å². The molecule has 0 bridgehead atoms. The number of carbonyl (C=O) groups is 4. The quantitative estimate of drug-likeness (QED) is 0.218. The highest BCUT2D eigenvalue weighted by molar-refractivity contribution is 5.92. The standard InChI is InChI=1S/C20H31N5O5/c1-13(24-17(26)12-23-19(28)15(22)9-5-6-10-21)18(27)25-16(20(29)30)11-14-7-3-2-4-8-14/h2-4,7-8,13,15-16H,5-6,9-12,21-22H2,1H3,(H,23,28)(H,24,26)(H,25,27)(H,29,30). The van der Waals surface area contributed by atoms with Gasteiger partial charge < -0.3 is 32.5 Å². The monoisotopic (exact) mass is 421 g/mol. The Hall–Kier alpha value is -2.98. The Bertz CT molecular complexity index is 713. The van der Waals surface area contributed by atoms with Crippen LogP contribution in [0.5, 0.6) is 0 Å². The molecule has 30 heavy (non-hydrogen) atoms. The van der Waals surface area contributed by atoms with Gasteiger partial charge in [-0.2, -0.15) is 0 Å². The van der Waals surface area contributed by atoms with Crippen LogP contribution in [0.25, 0.3) is 0 Å². The molecule has 0 saturated heterocycles. The van der Waals surface area contributed by atoms with Gasteiger partial charge >= 0.3 is 5.97 Å². The van der Waals surface area contributed by atoms with Crippen LogP contribution in [-0.4, -0.2) is 60.0 Å². The van der Waals surface area contributed by atoms with Crippen LogP contribution in [0.4, 0.5) is 0 Å². The summed E-state index contributed by atoms with van der Waals surface area (Å²) in [4.78, 5) is 47.6. The Kier molecular flexibility index (Phi) is 11.1. The molecule has 0 aliphatic heterocycles. The number of nitrogens with two attached hydrogens (primary N) is 2. The van der Waals surface area contributed by atoms with Gasteiger partial charge in [-0.15, -0.1) is 0 Å². The highest BCUT2D eigenvalue weighted by Crippen LogP contribution is 2.04. The lowest BCUT2D eigenvalue weighted by atomic mass is 10.1. The van der Waals surface area contributed by atoms with Gasteiger partial charge in [-0.05, 0) is 31.9 Å². The maximum absolute atomic E-state index is 12.3. The first-order valence-corrected chi connectivity index (χ1v) is 9.84. The van der Waals surface area contributed by atoms with E-state index in [-0.39, 0.29) is 13.0 Å². The third-order valence-corrected chi connectivity index (χ3v) is 4.40. The second-order valence-electron chi connectivity index (χ2n) is 6.99. The number of carbonyl (C=O) groups excluding carboxylic acids is 3. The highest BCUT2D eigenvalue weighted by Gasteiger charge is 2.24. The van der Waals surface area contributed by atoms with E-state index in [0.717, 1.165) is 12.0 Å². The number of unbranched alkanes of at least 4 members (excludes halogenated alkanes) is 1. The van der Waals surface area contributed by atoms with Crippen LogP contribution < -0.4 is 27.4 Å². The number of carboxylic acid groups (broad SMARTS) is 1. The molecule has 0 radical (unpaired) electrons. The van der Waals surface area contributed by atoms with Gasteiger partial charge in [0.25, 0.3) is 0 Å². The molecule has 0 heterocycles. The molecule has 0 aliphatic carbocycles. The second kappa shape index (κ2) is 13.3. The summed E-state index contributed by atoms with van der Waals surface area (Å²) in [6, 6.07) is 6.03. The van der Waals surface area contributed by atoms with Crippen LogP contribution in [0.15, 0.2) is 30.3 Å². The summed E-state index contributed by atoms with van der Waals surface area (Å²) in [5.74, 6) is -2.87. The molecule has 3 unspecified atom stereocenters. The smallest absolute Gasteiger partial charge is 0.326 e. The van der Waals surface area contributed by atoms with Gasteiger partial charge in [0.05, 0.1) is 12.6 Å². The molecule has 0 fully saturated rings. The molecule has 166 valence electrons. The second-order valence-corrected chi connectivity index (χ2v) is 6.99. The molecule has 3 atom stereocenters. The lowest BCUT2D eigenvalue weighted by Crippen LogP contribution is -2.53. The molecule has 1 aromatic rings. The predicted octanol–water partition coefficient (Wildman–Crippen LogP) is -1.12. The first-order valence-electron chi connectivity index (χ1n) is 9.84. The van der Waals surface area contributed by atoms with Crippen molar-refractivity contribution in [3.8, 4) is 0 Å². The molecule has 0 saturated carbocycles. The molecule has 10 heteroatoms. The van der Waals surface area contributed by atoms with Gasteiger partial charge in [-0.3, -0.25) is 14.4 Å². The summed E-state index contributed by atoms with van der Waals surface area (Å²) in [6.07, 6.45) is 2.04. The van der Waals surface area contributed by atoms with Crippen LogP contribution in [0, 0.1) is 0 Å². The zero-order chi connectivity index (χ0) is 22.5. The largest absolute Gasteiger partial charge is 0.480 e. The van der Waals surface area contributed by atoms with Crippen molar-refractivity contribution >= 4 is 23.7 Å². The summed E-state index contributed by atoms with van der Waals surface area (Å²) in [5, 5.41) is 16.6. The van der Waals surface area contributed by atoms with Gasteiger partial charge in [-0.25, -0.2) is 4.79 Å². The number of hydrogen-bond acceptors (Lipinski definition) is 6. The van der Waals surface area contributed by atoms with Crippen molar-refractivity contribution in [2.24, 2.45) is 11.5 Å². The van der Waals surface area contributed by atoms with Crippen LogP contribution in [0.2, 0.25) is 0 Å². The minimum Gasteiger partial charge on any atom is -0.480 e. The number of aliphatic carboxylic acids is 1. The van der Waals surface area contributed by atoms with E-state index in [0.29, 0.717) is 19.4 Å². The van der Waals surface area contributed by atoms with Gasteiger partial charge in [-0.1, -0.05) is 36.8 Å². The molecule has 3 amide bonds. The van der Waals surface area contributed by atoms with Crippen molar-refractivity contribution in [1.29, 1.82) is 0 Å². The van der Waals surface area contributed by atoms with Crippen molar-refractivity contribution in [1.82, 2.24) is 16.0 Å². The first-order chi connectivity index (χ1) is 14.2. The fraction of sp³-hybridized carbons (Fsp3) is 0.500. The minimum absolute atomic E-state index is 0.112. The fourth-order valence-corrected chi connectivity index (χ4v) is 2.64. The van der Waals surface area contributed by atoms with Gasteiger partial charge in [0, 0.05) is 6.42 Å². The van der Waals surface area contributed by atoms with Gasteiger partial charge in [0.15, 0.2) is 0 Å².